The second kappa shape index (κ2) is 8.61. The van der Waals surface area contributed by atoms with Crippen LogP contribution in [0.3, 0.4) is 0 Å². The normalized spacial score (nSPS) is 32.0. The number of benzene rings is 2. The molecular formula is C23H26O9. The highest BCUT2D eigenvalue weighted by molar-refractivity contribution is 5.73. The summed E-state index contributed by atoms with van der Waals surface area (Å²) in [6.07, 6.45) is -7.55. The summed E-state index contributed by atoms with van der Waals surface area (Å²) >= 11 is 0. The Balaban J connectivity index is 1.52. The number of phenols is 2. The van der Waals surface area contributed by atoms with E-state index in [1.807, 2.05) is 0 Å². The molecule has 9 nitrogen and oxygen atoms in total. The highest BCUT2D eigenvalue weighted by atomic mass is 16.5. The van der Waals surface area contributed by atoms with Gasteiger partial charge in [0.05, 0.1) is 6.10 Å². The predicted molar refractivity (Wildman–Crippen MR) is 112 cm³/mol. The standard InChI is InChI=1S/C23H26O9/c1-10(23-22(30)19(27)14-8-11(24)2-6-17(14)32-23)13-4-3-12(9-16(13)26)31-18-7-5-15(25)20(28)21(18)29/h2-4,6,8-9,15,18-30H,1,5,7H2. The van der Waals surface area contributed by atoms with Gasteiger partial charge in [0, 0.05) is 17.2 Å². The summed E-state index contributed by atoms with van der Waals surface area (Å²) in [5.74, 6) is 0.213. The maximum Gasteiger partial charge on any atom is 0.153 e. The molecule has 0 saturated heterocycles. The van der Waals surface area contributed by atoms with E-state index in [-0.39, 0.29) is 46.1 Å². The van der Waals surface area contributed by atoms with Gasteiger partial charge in [-0.15, -0.1) is 0 Å². The Bertz CT molecular complexity index is 1010. The van der Waals surface area contributed by atoms with Crippen molar-refractivity contribution < 1.29 is 45.2 Å². The minimum Gasteiger partial charge on any atom is -0.508 e. The number of phenolic OH excluding ortho intramolecular Hbond substituents is 2. The van der Waals surface area contributed by atoms with Crippen LogP contribution in [-0.2, 0) is 0 Å². The van der Waals surface area contributed by atoms with Gasteiger partial charge < -0.3 is 45.2 Å². The zero-order chi connectivity index (χ0) is 23.2. The van der Waals surface area contributed by atoms with Crippen LogP contribution in [0.4, 0.5) is 0 Å². The maximum absolute atomic E-state index is 10.5. The zero-order valence-electron chi connectivity index (χ0n) is 17.1. The van der Waals surface area contributed by atoms with Gasteiger partial charge in [0.2, 0.25) is 0 Å². The summed E-state index contributed by atoms with van der Waals surface area (Å²) in [7, 11) is 0. The first-order valence-electron chi connectivity index (χ1n) is 10.3. The van der Waals surface area contributed by atoms with E-state index >= 15 is 0 Å². The molecule has 7 unspecified atom stereocenters. The molecular weight excluding hydrogens is 420 g/mol. The molecule has 1 aliphatic carbocycles. The van der Waals surface area contributed by atoms with Crippen molar-refractivity contribution in [2.45, 2.75) is 55.6 Å². The molecule has 1 saturated carbocycles. The molecule has 1 heterocycles. The molecule has 0 aromatic heterocycles. The van der Waals surface area contributed by atoms with Crippen LogP contribution in [0.25, 0.3) is 5.57 Å². The molecule has 2 aromatic rings. The van der Waals surface area contributed by atoms with Crippen molar-refractivity contribution in [1.29, 1.82) is 0 Å². The highest BCUT2D eigenvalue weighted by Gasteiger charge is 2.40. The molecule has 172 valence electrons. The van der Waals surface area contributed by atoms with E-state index in [0.717, 1.165) is 0 Å². The number of hydrogen-bond donors (Lipinski definition) is 7. The molecule has 0 bridgehead atoms. The first-order valence-corrected chi connectivity index (χ1v) is 10.3. The lowest BCUT2D eigenvalue weighted by molar-refractivity contribution is -0.128. The monoisotopic (exact) mass is 446 g/mol. The molecule has 7 N–H and O–H groups in total. The van der Waals surface area contributed by atoms with Crippen LogP contribution in [0.15, 0.2) is 43.0 Å². The Morgan fingerprint density at radius 1 is 0.906 bits per heavy atom. The third-order valence-electron chi connectivity index (χ3n) is 6.02. The van der Waals surface area contributed by atoms with Crippen molar-refractivity contribution in [2.75, 3.05) is 0 Å². The molecule has 0 spiro atoms. The fourth-order valence-electron chi connectivity index (χ4n) is 4.14. The van der Waals surface area contributed by atoms with E-state index in [4.69, 9.17) is 9.47 Å². The van der Waals surface area contributed by atoms with Crippen LogP contribution >= 0.6 is 0 Å². The van der Waals surface area contributed by atoms with E-state index in [2.05, 4.69) is 6.58 Å². The van der Waals surface area contributed by atoms with E-state index in [0.29, 0.717) is 6.42 Å². The lowest BCUT2D eigenvalue weighted by atomic mass is 9.89. The first-order chi connectivity index (χ1) is 15.2. The van der Waals surface area contributed by atoms with Crippen molar-refractivity contribution >= 4 is 5.57 Å². The van der Waals surface area contributed by atoms with Gasteiger partial charge in [-0.1, -0.05) is 6.58 Å². The predicted octanol–water partition coefficient (Wildman–Crippen LogP) is 0.590. The zero-order valence-corrected chi connectivity index (χ0v) is 17.1. The highest BCUT2D eigenvalue weighted by Crippen LogP contribution is 2.42. The molecule has 32 heavy (non-hydrogen) atoms. The van der Waals surface area contributed by atoms with Gasteiger partial charge in [-0.3, -0.25) is 0 Å². The topological polar surface area (TPSA) is 160 Å². The molecule has 2 aromatic carbocycles. The summed E-state index contributed by atoms with van der Waals surface area (Å²) in [6.45, 7) is 3.91. The van der Waals surface area contributed by atoms with Crippen LogP contribution < -0.4 is 9.47 Å². The maximum atomic E-state index is 10.5. The number of aromatic hydroxyl groups is 2. The summed E-state index contributed by atoms with van der Waals surface area (Å²) in [5, 5.41) is 70.7. The molecule has 0 radical (unpaired) electrons. The van der Waals surface area contributed by atoms with Gasteiger partial charge in [-0.2, -0.15) is 0 Å². The number of aliphatic hydroxyl groups is 5. The summed E-state index contributed by atoms with van der Waals surface area (Å²) < 4.78 is 11.5. The smallest absolute Gasteiger partial charge is 0.153 e. The Morgan fingerprint density at radius 2 is 1.66 bits per heavy atom. The van der Waals surface area contributed by atoms with Gasteiger partial charge in [-0.05, 0) is 48.7 Å². The van der Waals surface area contributed by atoms with E-state index in [1.165, 1.54) is 36.4 Å². The van der Waals surface area contributed by atoms with Crippen LogP contribution in [0.1, 0.15) is 30.1 Å². The average molecular weight is 446 g/mol. The van der Waals surface area contributed by atoms with Gasteiger partial charge >= 0.3 is 0 Å². The lowest BCUT2D eigenvalue weighted by Crippen LogP contribution is -2.51. The number of fused-ring (bicyclic) bond motifs is 1. The van der Waals surface area contributed by atoms with Gasteiger partial charge in [-0.25, -0.2) is 0 Å². The van der Waals surface area contributed by atoms with Crippen LogP contribution in [0.2, 0.25) is 0 Å². The van der Waals surface area contributed by atoms with Gasteiger partial charge in [0.1, 0.15) is 53.5 Å². The third kappa shape index (κ3) is 4.01. The Morgan fingerprint density at radius 3 is 2.38 bits per heavy atom. The average Bonchev–Trinajstić information content (AvgIpc) is 2.76. The first kappa shape index (κ1) is 22.4. The van der Waals surface area contributed by atoms with E-state index < -0.39 is 42.7 Å². The molecule has 0 amide bonds. The molecule has 1 fully saturated rings. The van der Waals surface area contributed by atoms with E-state index in [9.17, 15) is 35.7 Å². The van der Waals surface area contributed by atoms with Gasteiger partial charge in [0.15, 0.2) is 6.10 Å². The van der Waals surface area contributed by atoms with Crippen molar-refractivity contribution in [3.8, 4) is 23.0 Å². The van der Waals surface area contributed by atoms with Crippen molar-refractivity contribution in [2.24, 2.45) is 0 Å². The summed E-state index contributed by atoms with van der Waals surface area (Å²) in [6, 6.07) is 8.51. The minimum absolute atomic E-state index is 0.0748. The Hall–Kier alpha value is -2.82. The van der Waals surface area contributed by atoms with Crippen LogP contribution in [0.5, 0.6) is 23.0 Å². The molecule has 4 rings (SSSR count). The van der Waals surface area contributed by atoms with Crippen molar-refractivity contribution in [1.82, 2.24) is 0 Å². The number of ether oxygens (including phenoxy) is 2. The summed E-state index contributed by atoms with van der Waals surface area (Å²) in [5.41, 5.74) is 0.721. The number of rotatable bonds is 4. The Kier molecular flexibility index (Phi) is 6.02. The molecule has 9 heteroatoms. The second-order valence-corrected chi connectivity index (χ2v) is 8.18. The SMILES string of the molecule is C=C(c1ccc(OC2CCC(O)C(O)C2O)cc1O)C1Oc2ccc(O)cc2C(O)C1O. The van der Waals surface area contributed by atoms with Gasteiger partial charge in [0.25, 0.3) is 0 Å². The van der Waals surface area contributed by atoms with Crippen LogP contribution in [0, 0.1) is 0 Å². The number of aliphatic hydroxyl groups excluding tert-OH is 5. The molecule has 2 aliphatic rings. The lowest BCUT2D eigenvalue weighted by Gasteiger charge is -2.36. The fraction of sp³-hybridized carbons (Fsp3) is 0.391. The number of hydrogen-bond acceptors (Lipinski definition) is 9. The fourth-order valence-corrected chi connectivity index (χ4v) is 4.14. The van der Waals surface area contributed by atoms with Crippen molar-refractivity contribution in [3.63, 3.8) is 0 Å². The van der Waals surface area contributed by atoms with Crippen molar-refractivity contribution in [3.05, 3.63) is 54.1 Å². The van der Waals surface area contributed by atoms with Crippen LogP contribution in [-0.4, -0.2) is 72.4 Å². The minimum atomic E-state index is -1.39. The quantitative estimate of drug-likeness (QED) is 0.357. The molecule has 7 atom stereocenters. The molecule has 1 aliphatic heterocycles. The Labute approximate surface area is 184 Å². The summed E-state index contributed by atoms with van der Waals surface area (Å²) in [4.78, 5) is 0. The third-order valence-corrected chi connectivity index (χ3v) is 6.02. The second-order valence-electron chi connectivity index (χ2n) is 8.18. The largest absolute Gasteiger partial charge is 0.508 e. The van der Waals surface area contributed by atoms with E-state index in [1.54, 1.807) is 0 Å².